The minimum absolute atomic E-state index is 0.400. The Morgan fingerprint density at radius 2 is 2.40 bits per heavy atom. The van der Waals surface area contributed by atoms with Crippen LogP contribution in [0.4, 0.5) is 0 Å². The van der Waals surface area contributed by atoms with Crippen LogP contribution in [0.25, 0.3) is 0 Å². The molecule has 0 radical (unpaired) electrons. The van der Waals surface area contributed by atoms with Gasteiger partial charge in [0, 0.05) is 31.3 Å². The van der Waals surface area contributed by atoms with Gasteiger partial charge in [-0.1, -0.05) is 6.07 Å². The molecule has 3 rings (SSSR count). The van der Waals surface area contributed by atoms with E-state index in [4.69, 9.17) is 11.0 Å². The lowest BCUT2D eigenvalue weighted by molar-refractivity contribution is 0.363. The van der Waals surface area contributed by atoms with E-state index in [0.717, 1.165) is 41.7 Å². The van der Waals surface area contributed by atoms with Gasteiger partial charge in [0.2, 0.25) is 0 Å². The number of nitrogens with zero attached hydrogens (tertiary/aromatic N) is 5. The largest absolute Gasteiger partial charge is 0.383 e. The van der Waals surface area contributed by atoms with Crippen molar-refractivity contribution in [1.82, 2.24) is 15.3 Å². The van der Waals surface area contributed by atoms with E-state index in [1.807, 2.05) is 12.1 Å². The number of nitrogens with one attached hydrogen (secondary N) is 1. The van der Waals surface area contributed by atoms with Gasteiger partial charge in [-0.05, 0) is 46.9 Å². The van der Waals surface area contributed by atoms with Gasteiger partial charge in [0.1, 0.15) is 24.3 Å². The van der Waals surface area contributed by atoms with Crippen molar-refractivity contribution in [2.45, 2.75) is 19.3 Å². The van der Waals surface area contributed by atoms with Gasteiger partial charge in [-0.15, -0.1) is 0 Å². The molecule has 0 aromatic carbocycles. The highest BCUT2D eigenvalue weighted by Crippen LogP contribution is 2.26. The Balaban J connectivity index is 1.62. The van der Waals surface area contributed by atoms with Gasteiger partial charge in [-0.3, -0.25) is 4.99 Å². The third-order valence-electron chi connectivity index (χ3n) is 4.27. The van der Waals surface area contributed by atoms with E-state index in [-0.39, 0.29) is 0 Å². The van der Waals surface area contributed by atoms with Crippen molar-refractivity contribution in [2.75, 3.05) is 19.8 Å². The molecule has 3 heterocycles. The molecule has 1 aromatic rings. The monoisotopic (exact) mass is 401 g/mol. The molecule has 130 valence electrons. The van der Waals surface area contributed by atoms with Crippen molar-refractivity contribution < 1.29 is 0 Å². The molecule has 0 spiro atoms. The summed E-state index contributed by atoms with van der Waals surface area (Å²) in [7, 11) is 0. The zero-order valence-electron chi connectivity index (χ0n) is 13.8. The summed E-state index contributed by atoms with van der Waals surface area (Å²) < 4.78 is 0.838. The zero-order valence-corrected chi connectivity index (χ0v) is 15.4. The number of nitriles is 1. The van der Waals surface area contributed by atoms with Crippen LogP contribution in [-0.2, 0) is 6.42 Å². The first kappa shape index (κ1) is 17.6. The minimum Gasteiger partial charge on any atom is -0.383 e. The Morgan fingerprint density at radius 3 is 3.08 bits per heavy atom. The van der Waals surface area contributed by atoms with Gasteiger partial charge in [-0.25, -0.2) is 9.99 Å². The SMILES string of the molecule is N#Cc1ccc(C/C=N\N2CN=C(C3CCCNC3)C(Br)=C2N)cn1. The number of halogens is 1. The summed E-state index contributed by atoms with van der Waals surface area (Å²) >= 11 is 3.59. The van der Waals surface area contributed by atoms with Crippen LogP contribution < -0.4 is 11.1 Å². The summed E-state index contributed by atoms with van der Waals surface area (Å²) in [6.07, 6.45) is 6.36. The Bertz CT molecular complexity index is 739. The number of hydrogen-bond donors (Lipinski definition) is 2. The van der Waals surface area contributed by atoms with Crippen LogP contribution in [0.15, 0.2) is 38.7 Å². The molecular weight excluding hydrogens is 382 g/mol. The number of nitrogens with two attached hydrogens (primary N) is 1. The van der Waals surface area contributed by atoms with Crippen molar-refractivity contribution in [1.29, 1.82) is 5.26 Å². The topological polar surface area (TPSA) is 103 Å². The number of allylic oxidation sites excluding steroid dienone is 1. The number of hydrazone groups is 1. The first-order valence-corrected chi connectivity index (χ1v) is 9.04. The van der Waals surface area contributed by atoms with Crippen LogP contribution in [0.2, 0.25) is 0 Å². The standard InChI is InChI=1S/C17H20BrN7/c18-15-16(13-2-1-6-21-10-13)23-11-25(17(15)20)24-7-5-12-3-4-14(8-19)22-9-12/h3-4,7,9,13,21H,1-2,5-6,10-11,20H2/b24-7-. The van der Waals surface area contributed by atoms with E-state index in [1.54, 1.807) is 23.5 Å². The number of hydrogen-bond acceptors (Lipinski definition) is 7. The lowest BCUT2D eigenvalue weighted by Gasteiger charge is -2.30. The molecule has 1 aromatic heterocycles. The van der Waals surface area contributed by atoms with Crippen LogP contribution in [0.3, 0.4) is 0 Å². The molecule has 0 saturated carbocycles. The smallest absolute Gasteiger partial charge is 0.140 e. The van der Waals surface area contributed by atoms with Crippen LogP contribution >= 0.6 is 15.9 Å². The van der Waals surface area contributed by atoms with E-state index in [2.05, 4.69) is 36.3 Å². The molecule has 25 heavy (non-hydrogen) atoms. The van der Waals surface area contributed by atoms with Crippen LogP contribution in [0, 0.1) is 17.2 Å². The van der Waals surface area contributed by atoms with Crippen molar-refractivity contribution >= 4 is 27.9 Å². The molecule has 0 bridgehead atoms. The van der Waals surface area contributed by atoms with Crippen LogP contribution in [0.5, 0.6) is 0 Å². The predicted octanol–water partition coefficient (Wildman–Crippen LogP) is 1.72. The highest BCUT2D eigenvalue weighted by molar-refractivity contribution is 9.12. The maximum Gasteiger partial charge on any atom is 0.140 e. The minimum atomic E-state index is 0.400. The average Bonchev–Trinajstić information content (AvgIpc) is 2.66. The molecule has 1 atom stereocenters. The van der Waals surface area contributed by atoms with E-state index >= 15 is 0 Å². The Labute approximate surface area is 155 Å². The van der Waals surface area contributed by atoms with Crippen molar-refractivity contribution in [3.63, 3.8) is 0 Å². The van der Waals surface area contributed by atoms with Crippen LogP contribution in [-0.4, -0.2) is 41.7 Å². The second kappa shape index (κ2) is 8.23. The van der Waals surface area contributed by atoms with Gasteiger partial charge in [0.15, 0.2) is 0 Å². The van der Waals surface area contributed by atoms with Crippen molar-refractivity contribution in [3.05, 3.63) is 39.9 Å². The Hall–Kier alpha value is -2.24. The normalized spacial score (nSPS) is 21.4. The van der Waals surface area contributed by atoms with Gasteiger partial charge in [-0.2, -0.15) is 10.4 Å². The average molecular weight is 402 g/mol. The summed E-state index contributed by atoms with van der Waals surface area (Å²) in [6.45, 7) is 2.44. The fourth-order valence-corrected chi connectivity index (χ4v) is 3.54. The molecule has 8 heteroatoms. The molecule has 3 N–H and O–H groups in total. The summed E-state index contributed by atoms with van der Waals surface area (Å²) in [4.78, 5) is 8.72. The molecule has 2 aliphatic rings. The van der Waals surface area contributed by atoms with Gasteiger partial charge in [0.25, 0.3) is 0 Å². The summed E-state index contributed by atoms with van der Waals surface area (Å²) in [5, 5.41) is 18.3. The molecule has 0 aliphatic carbocycles. The Kier molecular flexibility index (Phi) is 5.79. The summed E-state index contributed by atoms with van der Waals surface area (Å²) in [5.41, 5.74) is 8.66. The zero-order chi connectivity index (χ0) is 17.6. The fraction of sp³-hybridized carbons (Fsp3) is 0.412. The van der Waals surface area contributed by atoms with Crippen molar-refractivity contribution in [2.24, 2.45) is 21.7 Å². The molecule has 0 amide bonds. The number of aliphatic imine (C=N–C) groups is 1. The van der Waals surface area contributed by atoms with Crippen LogP contribution in [0.1, 0.15) is 24.1 Å². The lowest BCUT2D eigenvalue weighted by atomic mass is 9.93. The van der Waals surface area contributed by atoms with E-state index in [1.165, 1.54) is 0 Å². The second-order valence-corrected chi connectivity index (χ2v) is 6.79. The van der Waals surface area contributed by atoms with Crippen molar-refractivity contribution in [3.8, 4) is 6.07 Å². The number of pyridine rings is 1. The summed E-state index contributed by atoms with van der Waals surface area (Å²) in [5.74, 6) is 0.988. The maximum absolute atomic E-state index is 8.76. The quantitative estimate of drug-likeness (QED) is 0.747. The highest BCUT2D eigenvalue weighted by Gasteiger charge is 2.26. The first-order chi connectivity index (χ1) is 12.2. The molecule has 2 aliphatic heterocycles. The van der Waals surface area contributed by atoms with E-state index in [0.29, 0.717) is 30.5 Å². The van der Waals surface area contributed by atoms with E-state index in [9.17, 15) is 0 Å². The third kappa shape index (κ3) is 4.24. The number of aromatic nitrogens is 1. The molecule has 7 nitrogen and oxygen atoms in total. The lowest BCUT2D eigenvalue weighted by Crippen LogP contribution is -2.38. The van der Waals surface area contributed by atoms with E-state index < -0.39 is 0 Å². The molecule has 1 fully saturated rings. The van der Waals surface area contributed by atoms with Gasteiger partial charge in [0.05, 0.1) is 10.2 Å². The molecular formula is C17H20BrN7. The van der Waals surface area contributed by atoms with Gasteiger partial charge < -0.3 is 11.1 Å². The number of piperidine rings is 1. The Morgan fingerprint density at radius 1 is 1.52 bits per heavy atom. The maximum atomic E-state index is 8.76. The molecule has 1 saturated heterocycles. The predicted molar refractivity (Wildman–Crippen MR) is 101 cm³/mol. The summed E-state index contributed by atoms with van der Waals surface area (Å²) in [6, 6.07) is 5.57. The first-order valence-electron chi connectivity index (χ1n) is 8.24. The third-order valence-corrected chi connectivity index (χ3v) is 5.09. The highest BCUT2D eigenvalue weighted by atomic mass is 79.9. The van der Waals surface area contributed by atoms with Gasteiger partial charge >= 0.3 is 0 Å². The number of rotatable bonds is 4. The second-order valence-electron chi connectivity index (χ2n) is 5.99. The fourth-order valence-electron chi connectivity index (χ4n) is 2.88. The molecule has 1 unspecified atom stereocenters.